The van der Waals surface area contributed by atoms with Crippen molar-refractivity contribution in [3.8, 4) is 11.5 Å². The molecule has 2 aliphatic heterocycles. The first-order valence-corrected chi connectivity index (χ1v) is 10.5. The zero-order valence-corrected chi connectivity index (χ0v) is 17.4. The Labute approximate surface area is 181 Å². The molecule has 3 atom stereocenters. The van der Waals surface area contributed by atoms with Crippen LogP contribution in [0, 0.1) is 0 Å². The Bertz CT molecular complexity index is 1050. The Hall–Kier alpha value is -3.25. The van der Waals surface area contributed by atoms with Gasteiger partial charge in [0.25, 0.3) is 0 Å². The van der Waals surface area contributed by atoms with E-state index in [1.165, 1.54) is 0 Å². The average Bonchev–Trinajstić information content (AvgIpc) is 3.13. The summed E-state index contributed by atoms with van der Waals surface area (Å²) in [5.41, 5.74) is 2.37. The highest BCUT2D eigenvalue weighted by atomic mass is 16.6. The molecule has 31 heavy (non-hydrogen) atoms. The first-order chi connectivity index (χ1) is 15.1. The van der Waals surface area contributed by atoms with E-state index in [9.17, 15) is 9.90 Å². The number of ether oxygens (including phenoxy) is 3. The Morgan fingerprint density at radius 2 is 2.10 bits per heavy atom. The molecule has 0 unspecified atom stereocenters. The Kier molecular flexibility index (Phi) is 4.94. The summed E-state index contributed by atoms with van der Waals surface area (Å²) in [6, 6.07) is 13.4. The first kappa shape index (κ1) is 19.7. The fraction of sp³-hybridized carbons (Fsp3) is 0.320. The molecule has 1 aliphatic carbocycles. The summed E-state index contributed by atoms with van der Waals surface area (Å²) in [6.07, 6.45) is 7.50. The van der Waals surface area contributed by atoms with Gasteiger partial charge >= 0.3 is 6.09 Å². The molecular formula is C25H25NO5. The zero-order valence-electron chi connectivity index (χ0n) is 17.4. The van der Waals surface area contributed by atoms with Crippen molar-refractivity contribution in [3.05, 3.63) is 77.5 Å². The van der Waals surface area contributed by atoms with Crippen LogP contribution in [-0.2, 0) is 16.8 Å². The standard InChI is InChI=1S/C25H25NO5/c1-29-20-10-9-18-11-14-26(24(28)30-16-17-6-3-2-4-7-17)15-13-25-12-5-8-19(27)23(25)31-22(20)21(18)25/h2-7,9-12,14,19,23,27H,8,13,15-16H2,1H3/b14-11-/t19-,23+,25-/m1/s1. The van der Waals surface area contributed by atoms with E-state index in [1.54, 1.807) is 18.2 Å². The molecule has 2 aromatic rings. The lowest BCUT2D eigenvalue weighted by Crippen LogP contribution is -2.49. The smallest absolute Gasteiger partial charge is 0.414 e. The maximum atomic E-state index is 12.8. The largest absolute Gasteiger partial charge is 0.493 e. The molecule has 0 saturated heterocycles. The van der Waals surface area contributed by atoms with E-state index in [0.29, 0.717) is 30.9 Å². The molecule has 2 heterocycles. The van der Waals surface area contributed by atoms with Gasteiger partial charge in [-0.15, -0.1) is 0 Å². The molecule has 3 aliphatic rings. The van der Waals surface area contributed by atoms with Gasteiger partial charge in [-0.25, -0.2) is 4.79 Å². The number of benzene rings is 2. The summed E-state index contributed by atoms with van der Waals surface area (Å²) >= 11 is 0. The molecule has 160 valence electrons. The summed E-state index contributed by atoms with van der Waals surface area (Å²) in [7, 11) is 1.62. The second-order valence-electron chi connectivity index (χ2n) is 8.14. The van der Waals surface area contributed by atoms with Crippen molar-refractivity contribution in [2.24, 2.45) is 0 Å². The number of methoxy groups -OCH3 is 1. The van der Waals surface area contributed by atoms with Gasteiger partial charge in [-0.05, 0) is 36.1 Å². The predicted octanol–water partition coefficient (Wildman–Crippen LogP) is 4.03. The van der Waals surface area contributed by atoms with Crippen LogP contribution in [0.2, 0.25) is 0 Å². The molecule has 0 saturated carbocycles. The van der Waals surface area contributed by atoms with Crippen LogP contribution in [0.5, 0.6) is 11.5 Å². The predicted molar refractivity (Wildman–Crippen MR) is 116 cm³/mol. The Balaban J connectivity index is 1.47. The van der Waals surface area contributed by atoms with E-state index in [2.05, 4.69) is 6.08 Å². The fourth-order valence-electron chi connectivity index (χ4n) is 4.85. The summed E-state index contributed by atoms with van der Waals surface area (Å²) in [6.45, 7) is 0.661. The van der Waals surface area contributed by atoms with Crippen LogP contribution in [0.3, 0.4) is 0 Å². The molecule has 0 aromatic heterocycles. The van der Waals surface area contributed by atoms with Crippen molar-refractivity contribution in [3.63, 3.8) is 0 Å². The van der Waals surface area contributed by atoms with Gasteiger partial charge in [-0.3, -0.25) is 4.90 Å². The van der Waals surface area contributed by atoms with E-state index in [4.69, 9.17) is 14.2 Å². The molecule has 0 radical (unpaired) electrons. The van der Waals surface area contributed by atoms with Crippen molar-refractivity contribution in [2.45, 2.75) is 37.1 Å². The van der Waals surface area contributed by atoms with Crippen LogP contribution in [0.4, 0.5) is 4.79 Å². The van der Waals surface area contributed by atoms with E-state index in [-0.39, 0.29) is 6.61 Å². The number of rotatable bonds is 3. The summed E-state index contributed by atoms with van der Waals surface area (Å²) in [5, 5.41) is 10.7. The van der Waals surface area contributed by atoms with Gasteiger partial charge < -0.3 is 19.3 Å². The Morgan fingerprint density at radius 1 is 1.26 bits per heavy atom. The number of carbonyl (C=O) groups is 1. The Morgan fingerprint density at radius 3 is 2.90 bits per heavy atom. The van der Waals surface area contributed by atoms with Crippen LogP contribution in [0.15, 0.2) is 60.8 Å². The second-order valence-corrected chi connectivity index (χ2v) is 8.14. The number of carbonyl (C=O) groups excluding carboxylic acids is 1. The van der Waals surface area contributed by atoms with Crippen molar-refractivity contribution in [1.82, 2.24) is 4.90 Å². The highest BCUT2D eigenvalue weighted by Gasteiger charge is 2.54. The van der Waals surface area contributed by atoms with Gasteiger partial charge in [0.2, 0.25) is 0 Å². The van der Waals surface area contributed by atoms with Crippen molar-refractivity contribution in [2.75, 3.05) is 13.7 Å². The molecule has 5 rings (SSSR count). The van der Waals surface area contributed by atoms with Crippen molar-refractivity contribution < 1.29 is 24.1 Å². The van der Waals surface area contributed by atoms with Gasteiger partial charge in [0.05, 0.1) is 18.6 Å². The van der Waals surface area contributed by atoms with E-state index >= 15 is 0 Å². The molecule has 1 N–H and O–H groups in total. The third-order valence-corrected chi connectivity index (χ3v) is 6.37. The highest BCUT2D eigenvalue weighted by Crippen LogP contribution is 2.55. The maximum Gasteiger partial charge on any atom is 0.414 e. The highest BCUT2D eigenvalue weighted by molar-refractivity contribution is 5.74. The lowest BCUT2D eigenvalue weighted by Gasteiger charge is -2.39. The van der Waals surface area contributed by atoms with Crippen LogP contribution in [0.25, 0.3) is 6.08 Å². The van der Waals surface area contributed by atoms with Gasteiger partial charge in [-0.1, -0.05) is 48.6 Å². The molecule has 6 nitrogen and oxygen atoms in total. The molecule has 1 spiro atoms. The minimum absolute atomic E-state index is 0.220. The minimum Gasteiger partial charge on any atom is -0.493 e. The van der Waals surface area contributed by atoms with E-state index in [0.717, 1.165) is 16.7 Å². The first-order valence-electron chi connectivity index (χ1n) is 10.5. The van der Waals surface area contributed by atoms with Crippen molar-refractivity contribution in [1.29, 1.82) is 0 Å². The second kappa shape index (κ2) is 7.78. The lowest BCUT2D eigenvalue weighted by atomic mass is 9.67. The summed E-state index contributed by atoms with van der Waals surface area (Å²) in [4.78, 5) is 14.4. The lowest BCUT2D eigenvalue weighted by molar-refractivity contribution is 0.00885. The maximum absolute atomic E-state index is 12.8. The summed E-state index contributed by atoms with van der Waals surface area (Å²) in [5.74, 6) is 1.33. The number of aliphatic hydroxyl groups excluding tert-OH is 1. The molecule has 6 heteroatoms. The summed E-state index contributed by atoms with van der Waals surface area (Å²) < 4.78 is 17.4. The fourth-order valence-corrected chi connectivity index (χ4v) is 4.85. The third kappa shape index (κ3) is 3.27. The number of aliphatic hydroxyl groups is 1. The van der Waals surface area contributed by atoms with E-state index < -0.39 is 23.7 Å². The third-order valence-electron chi connectivity index (χ3n) is 6.37. The minimum atomic E-state index is -0.628. The van der Waals surface area contributed by atoms with Crippen LogP contribution < -0.4 is 9.47 Å². The van der Waals surface area contributed by atoms with Crippen LogP contribution >= 0.6 is 0 Å². The molecule has 1 amide bonds. The van der Waals surface area contributed by atoms with Crippen molar-refractivity contribution >= 4 is 12.2 Å². The number of amides is 1. The molecule has 2 aromatic carbocycles. The van der Waals surface area contributed by atoms with E-state index in [1.807, 2.05) is 54.6 Å². The van der Waals surface area contributed by atoms with Gasteiger partial charge in [-0.2, -0.15) is 0 Å². The number of hydrogen-bond donors (Lipinski definition) is 1. The topological polar surface area (TPSA) is 68.2 Å². The normalized spacial score (nSPS) is 26.7. The molecule has 0 fully saturated rings. The number of nitrogens with zero attached hydrogens (tertiary/aromatic N) is 1. The van der Waals surface area contributed by atoms with Gasteiger partial charge in [0, 0.05) is 18.3 Å². The van der Waals surface area contributed by atoms with Gasteiger partial charge in [0.1, 0.15) is 12.7 Å². The average molecular weight is 419 g/mol. The zero-order chi connectivity index (χ0) is 21.4. The SMILES string of the molecule is COc1ccc2c3c1O[C@H]1[C@H](O)CC=C[C@@]31CCN(C(=O)OCc1ccccc1)/C=C\2. The molecule has 0 bridgehead atoms. The quantitative estimate of drug-likeness (QED) is 0.761. The van der Waals surface area contributed by atoms with Crippen LogP contribution in [0.1, 0.15) is 29.5 Å². The molecular weight excluding hydrogens is 394 g/mol. The number of hydrogen-bond acceptors (Lipinski definition) is 5. The van der Waals surface area contributed by atoms with Gasteiger partial charge in [0.15, 0.2) is 11.5 Å². The monoisotopic (exact) mass is 419 g/mol. The van der Waals surface area contributed by atoms with Crippen LogP contribution in [-0.4, -0.2) is 42.0 Å².